The monoisotopic (exact) mass is 311 g/mol. The van der Waals surface area contributed by atoms with Gasteiger partial charge < -0.3 is 10.5 Å². The van der Waals surface area contributed by atoms with Crippen molar-refractivity contribution in [2.24, 2.45) is 11.7 Å². The van der Waals surface area contributed by atoms with Crippen LogP contribution in [0.3, 0.4) is 0 Å². The summed E-state index contributed by atoms with van der Waals surface area (Å²) in [7, 11) is 0. The predicted molar refractivity (Wildman–Crippen MR) is 92.4 cm³/mol. The van der Waals surface area contributed by atoms with Gasteiger partial charge in [0.15, 0.2) is 0 Å². The summed E-state index contributed by atoms with van der Waals surface area (Å²) in [6.07, 6.45) is 0. The average molecular weight is 311 g/mol. The van der Waals surface area contributed by atoms with E-state index in [1.807, 2.05) is 19.1 Å². The lowest BCUT2D eigenvalue weighted by molar-refractivity contribution is 0.302. The van der Waals surface area contributed by atoms with Crippen LogP contribution >= 0.6 is 0 Å². The Kier molecular flexibility index (Phi) is 5.26. The lowest BCUT2D eigenvalue weighted by atomic mass is 9.89. The number of nitrogens with zero attached hydrogens (tertiary/aromatic N) is 2. The molecule has 1 aliphatic rings. The van der Waals surface area contributed by atoms with E-state index in [0.717, 1.165) is 31.9 Å². The van der Waals surface area contributed by atoms with Crippen molar-refractivity contribution in [3.8, 4) is 5.88 Å². The molecule has 2 atom stereocenters. The standard InChI is InChI=1S/C19H25N3O/c1-2-23-19-10-6-9-17(21-19)13-22-12-16(11-20)18(14-22)15-7-4-3-5-8-15/h3-10,16,18H,2,11-14,20H2,1H3/t16-,18+/m1/s1. The SMILES string of the molecule is CCOc1cccc(CN2C[C@@H](CN)[C@H](c3ccccc3)C2)n1. The zero-order valence-corrected chi connectivity index (χ0v) is 13.7. The Bertz CT molecular complexity index is 617. The lowest BCUT2D eigenvalue weighted by Gasteiger charge is -2.16. The summed E-state index contributed by atoms with van der Waals surface area (Å²) in [5.41, 5.74) is 8.46. The van der Waals surface area contributed by atoms with Crippen LogP contribution in [0.1, 0.15) is 24.1 Å². The highest BCUT2D eigenvalue weighted by molar-refractivity contribution is 5.23. The molecule has 2 heterocycles. The first-order chi connectivity index (χ1) is 11.3. The van der Waals surface area contributed by atoms with E-state index >= 15 is 0 Å². The Morgan fingerprint density at radius 1 is 1.13 bits per heavy atom. The van der Waals surface area contributed by atoms with Crippen molar-refractivity contribution in [1.82, 2.24) is 9.88 Å². The molecule has 1 fully saturated rings. The molecule has 3 rings (SSSR count). The number of pyridine rings is 1. The summed E-state index contributed by atoms with van der Waals surface area (Å²) in [6, 6.07) is 16.7. The van der Waals surface area contributed by atoms with E-state index in [-0.39, 0.29) is 0 Å². The molecule has 0 saturated carbocycles. The van der Waals surface area contributed by atoms with Crippen LogP contribution in [0.5, 0.6) is 5.88 Å². The minimum Gasteiger partial charge on any atom is -0.478 e. The number of aromatic nitrogens is 1. The van der Waals surface area contributed by atoms with Gasteiger partial charge in [0.2, 0.25) is 5.88 Å². The van der Waals surface area contributed by atoms with Gasteiger partial charge in [0.1, 0.15) is 0 Å². The smallest absolute Gasteiger partial charge is 0.213 e. The summed E-state index contributed by atoms with van der Waals surface area (Å²) in [5, 5.41) is 0. The Balaban J connectivity index is 1.69. The van der Waals surface area contributed by atoms with Gasteiger partial charge in [-0.2, -0.15) is 0 Å². The fraction of sp³-hybridized carbons (Fsp3) is 0.421. The van der Waals surface area contributed by atoms with E-state index in [0.29, 0.717) is 24.3 Å². The van der Waals surface area contributed by atoms with Crippen molar-refractivity contribution in [3.63, 3.8) is 0 Å². The molecule has 2 N–H and O–H groups in total. The quantitative estimate of drug-likeness (QED) is 0.891. The third-order valence-electron chi connectivity index (χ3n) is 4.51. The maximum Gasteiger partial charge on any atom is 0.213 e. The minimum atomic E-state index is 0.507. The maximum absolute atomic E-state index is 6.02. The fourth-order valence-corrected chi connectivity index (χ4v) is 3.41. The molecule has 0 amide bonds. The molecular weight excluding hydrogens is 286 g/mol. The average Bonchev–Trinajstić information content (AvgIpc) is 2.99. The third-order valence-corrected chi connectivity index (χ3v) is 4.51. The molecule has 4 nitrogen and oxygen atoms in total. The number of ether oxygens (including phenoxy) is 1. The van der Waals surface area contributed by atoms with Gasteiger partial charge in [-0.05, 0) is 31.0 Å². The Labute approximate surface area is 138 Å². The topological polar surface area (TPSA) is 51.4 Å². The number of rotatable bonds is 6. The second-order valence-electron chi connectivity index (χ2n) is 6.11. The molecule has 2 aromatic rings. The van der Waals surface area contributed by atoms with E-state index in [4.69, 9.17) is 10.5 Å². The van der Waals surface area contributed by atoms with E-state index in [1.54, 1.807) is 0 Å². The molecule has 0 unspecified atom stereocenters. The summed E-state index contributed by atoms with van der Waals surface area (Å²) in [4.78, 5) is 7.03. The van der Waals surface area contributed by atoms with Crippen molar-refractivity contribution in [1.29, 1.82) is 0 Å². The molecule has 0 spiro atoms. The second-order valence-corrected chi connectivity index (χ2v) is 6.11. The zero-order valence-electron chi connectivity index (χ0n) is 13.7. The molecule has 1 aromatic heterocycles. The van der Waals surface area contributed by atoms with E-state index in [2.05, 4.69) is 46.3 Å². The lowest BCUT2D eigenvalue weighted by Crippen LogP contribution is -2.23. The molecular formula is C19H25N3O. The van der Waals surface area contributed by atoms with Crippen LogP contribution in [0, 0.1) is 5.92 Å². The molecule has 122 valence electrons. The van der Waals surface area contributed by atoms with Gasteiger partial charge in [-0.15, -0.1) is 0 Å². The molecule has 1 aromatic carbocycles. The Morgan fingerprint density at radius 2 is 1.96 bits per heavy atom. The molecule has 1 saturated heterocycles. The van der Waals surface area contributed by atoms with Gasteiger partial charge >= 0.3 is 0 Å². The van der Waals surface area contributed by atoms with Crippen LogP contribution in [0.2, 0.25) is 0 Å². The van der Waals surface area contributed by atoms with Crippen LogP contribution < -0.4 is 10.5 Å². The van der Waals surface area contributed by atoms with Crippen molar-refractivity contribution in [3.05, 3.63) is 59.8 Å². The first-order valence-electron chi connectivity index (χ1n) is 8.36. The van der Waals surface area contributed by atoms with Crippen LogP contribution in [0.25, 0.3) is 0 Å². The summed E-state index contributed by atoms with van der Waals surface area (Å²) >= 11 is 0. The number of likely N-dealkylation sites (tertiary alicyclic amines) is 1. The van der Waals surface area contributed by atoms with Gasteiger partial charge in [-0.25, -0.2) is 4.98 Å². The zero-order chi connectivity index (χ0) is 16.1. The number of nitrogens with two attached hydrogens (primary N) is 1. The van der Waals surface area contributed by atoms with E-state index in [9.17, 15) is 0 Å². The first-order valence-corrected chi connectivity index (χ1v) is 8.36. The summed E-state index contributed by atoms with van der Waals surface area (Å²) < 4.78 is 5.49. The minimum absolute atomic E-state index is 0.507. The van der Waals surface area contributed by atoms with Gasteiger partial charge in [0.25, 0.3) is 0 Å². The number of hydrogen-bond donors (Lipinski definition) is 1. The van der Waals surface area contributed by atoms with Crippen molar-refractivity contribution >= 4 is 0 Å². The third kappa shape index (κ3) is 3.89. The first kappa shape index (κ1) is 16.0. The van der Waals surface area contributed by atoms with Gasteiger partial charge in [0.05, 0.1) is 12.3 Å². The Hall–Kier alpha value is -1.91. The summed E-state index contributed by atoms with van der Waals surface area (Å²) in [6.45, 7) is 6.25. The van der Waals surface area contributed by atoms with Crippen molar-refractivity contribution in [2.75, 3.05) is 26.2 Å². The van der Waals surface area contributed by atoms with Gasteiger partial charge in [-0.1, -0.05) is 36.4 Å². The fourth-order valence-electron chi connectivity index (χ4n) is 3.41. The van der Waals surface area contributed by atoms with Gasteiger partial charge in [-0.3, -0.25) is 4.90 Å². The molecule has 23 heavy (non-hydrogen) atoms. The van der Waals surface area contributed by atoms with Crippen molar-refractivity contribution < 1.29 is 4.74 Å². The number of benzene rings is 1. The highest BCUT2D eigenvalue weighted by atomic mass is 16.5. The van der Waals surface area contributed by atoms with E-state index < -0.39 is 0 Å². The van der Waals surface area contributed by atoms with Crippen LogP contribution in [-0.2, 0) is 6.54 Å². The van der Waals surface area contributed by atoms with E-state index in [1.165, 1.54) is 5.56 Å². The molecule has 1 aliphatic heterocycles. The van der Waals surface area contributed by atoms with Crippen LogP contribution in [-0.4, -0.2) is 36.1 Å². The molecule has 0 radical (unpaired) electrons. The predicted octanol–water partition coefficient (Wildman–Crippen LogP) is 2.65. The highest BCUT2D eigenvalue weighted by Crippen LogP contribution is 2.32. The van der Waals surface area contributed by atoms with Crippen LogP contribution in [0.15, 0.2) is 48.5 Å². The summed E-state index contributed by atoms with van der Waals surface area (Å²) in [5.74, 6) is 1.72. The Morgan fingerprint density at radius 3 is 2.70 bits per heavy atom. The molecule has 0 bridgehead atoms. The largest absolute Gasteiger partial charge is 0.478 e. The van der Waals surface area contributed by atoms with Crippen molar-refractivity contribution in [2.45, 2.75) is 19.4 Å². The second kappa shape index (κ2) is 7.57. The van der Waals surface area contributed by atoms with Gasteiger partial charge in [0, 0.05) is 31.6 Å². The number of hydrogen-bond acceptors (Lipinski definition) is 4. The maximum atomic E-state index is 6.02. The molecule has 4 heteroatoms. The van der Waals surface area contributed by atoms with Crippen LogP contribution in [0.4, 0.5) is 0 Å². The highest BCUT2D eigenvalue weighted by Gasteiger charge is 2.32. The molecule has 0 aliphatic carbocycles. The normalized spacial score (nSPS) is 21.5.